The van der Waals surface area contributed by atoms with E-state index in [0.29, 0.717) is 34.6 Å². The molecule has 4 heterocycles. The number of nitrogens with two attached hydrogens (primary N) is 1. The van der Waals surface area contributed by atoms with E-state index in [1.54, 1.807) is 47.2 Å². The van der Waals surface area contributed by atoms with Gasteiger partial charge in [-0.05, 0) is 66.9 Å². The quantitative estimate of drug-likeness (QED) is 0.280. The van der Waals surface area contributed by atoms with E-state index in [-0.39, 0.29) is 17.4 Å². The van der Waals surface area contributed by atoms with Gasteiger partial charge >= 0.3 is 0 Å². The van der Waals surface area contributed by atoms with E-state index in [4.69, 9.17) is 5.73 Å². The van der Waals surface area contributed by atoms with E-state index in [1.165, 1.54) is 18.7 Å². The van der Waals surface area contributed by atoms with Crippen LogP contribution in [0.15, 0.2) is 78.2 Å². The molecule has 0 aliphatic rings. The summed E-state index contributed by atoms with van der Waals surface area (Å²) in [5.41, 5.74) is 9.56. The number of rotatable bonds is 6. The number of hydrogen-bond donors (Lipinski definition) is 2. The number of nitrogen functional groups attached to an aromatic ring is 1. The Bertz CT molecular complexity index is 1920. The lowest BCUT2D eigenvalue weighted by atomic mass is 10.1. The third-order valence-corrected chi connectivity index (χ3v) is 7.96. The molecule has 39 heavy (non-hydrogen) atoms. The van der Waals surface area contributed by atoms with Gasteiger partial charge in [0.05, 0.1) is 29.9 Å². The highest BCUT2D eigenvalue weighted by atomic mass is 32.1. The van der Waals surface area contributed by atoms with Gasteiger partial charge in [0.2, 0.25) is 0 Å². The van der Waals surface area contributed by atoms with Crippen LogP contribution in [0.1, 0.15) is 29.0 Å². The highest BCUT2D eigenvalue weighted by molar-refractivity contribution is 7.15. The van der Waals surface area contributed by atoms with Crippen molar-refractivity contribution in [2.24, 2.45) is 0 Å². The maximum atomic E-state index is 13.8. The van der Waals surface area contributed by atoms with Gasteiger partial charge < -0.3 is 11.1 Å². The number of benzene rings is 2. The van der Waals surface area contributed by atoms with Gasteiger partial charge in [0.25, 0.3) is 5.56 Å². The zero-order valence-corrected chi connectivity index (χ0v) is 22.0. The van der Waals surface area contributed by atoms with Gasteiger partial charge in [0.1, 0.15) is 29.2 Å². The number of aromatic nitrogens is 5. The smallest absolute Gasteiger partial charge is 0.265 e. The van der Waals surface area contributed by atoms with Crippen LogP contribution in [0.25, 0.3) is 32.2 Å². The first-order valence-electron chi connectivity index (χ1n) is 12.3. The van der Waals surface area contributed by atoms with Gasteiger partial charge in [-0.1, -0.05) is 18.2 Å². The lowest BCUT2D eigenvalue weighted by molar-refractivity contribution is 0.595. The summed E-state index contributed by atoms with van der Waals surface area (Å²) in [6.45, 7) is 4.08. The minimum atomic E-state index is -0.331. The Morgan fingerprint density at radius 3 is 2.74 bits per heavy atom. The zero-order chi connectivity index (χ0) is 27.1. The van der Waals surface area contributed by atoms with Crippen molar-refractivity contribution >= 4 is 44.8 Å². The highest BCUT2D eigenvalue weighted by Crippen LogP contribution is 2.32. The Hall–Kier alpha value is -4.70. The molecule has 4 aromatic heterocycles. The average Bonchev–Trinajstić information content (AvgIpc) is 3.42. The second kappa shape index (κ2) is 9.88. The second-order valence-electron chi connectivity index (χ2n) is 9.31. The van der Waals surface area contributed by atoms with Gasteiger partial charge in [-0.15, -0.1) is 11.3 Å². The maximum absolute atomic E-state index is 13.8. The highest BCUT2D eigenvalue weighted by Gasteiger charge is 2.16. The van der Waals surface area contributed by atoms with Crippen LogP contribution in [0, 0.1) is 12.7 Å². The largest absolute Gasteiger partial charge is 0.383 e. The molecule has 0 saturated carbocycles. The summed E-state index contributed by atoms with van der Waals surface area (Å²) in [5, 5.41) is 4.55. The van der Waals surface area contributed by atoms with Crippen LogP contribution >= 0.6 is 11.3 Å². The third-order valence-electron chi connectivity index (χ3n) is 6.82. The first kappa shape index (κ1) is 24.6. The van der Waals surface area contributed by atoms with Crippen LogP contribution in [-0.4, -0.2) is 24.5 Å². The minimum Gasteiger partial charge on any atom is -0.383 e. The molecule has 0 saturated heterocycles. The fourth-order valence-electron chi connectivity index (χ4n) is 4.60. The van der Waals surface area contributed by atoms with Crippen LogP contribution in [0.4, 0.5) is 16.0 Å². The SMILES string of the molecule is Cc1cc([C@H](C)n2cnc3ccnc(NCc4ccc(-c5ccc6ncnc(N)c6c5)s4)c3c2=O)ccc1F. The predicted octanol–water partition coefficient (Wildman–Crippen LogP) is 5.71. The van der Waals surface area contributed by atoms with Crippen LogP contribution in [-0.2, 0) is 6.54 Å². The summed E-state index contributed by atoms with van der Waals surface area (Å²) in [6, 6.07) is 16.3. The zero-order valence-electron chi connectivity index (χ0n) is 21.2. The van der Waals surface area contributed by atoms with Gasteiger partial charge in [0.15, 0.2) is 0 Å². The van der Waals surface area contributed by atoms with E-state index < -0.39 is 0 Å². The number of pyridine rings is 1. The number of aryl methyl sites for hydroxylation is 1. The predicted molar refractivity (Wildman–Crippen MR) is 153 cm³/mol. The number of nitrogens with one attached hydrogen (secondary N) is 1. The minimum absolute atomic E-state index is 0.215. The Labute approximate surface area is 227 Å². The van der Waals surface area contributed by atoms with E-state index in [1.807, 2.05) is 31.2 Å². The van der Waals surface area contributed by atoms with Crippen LogP contribution < -0.4 is 16.6 Å². The Balaban J connectivity index is 1.28. The molecule has 6 aromatic rings. The molecule has 10 heteroatoms. The van der Waals surface area contributed by atoms with E-state index in [2.05, 4.69) is 31.3 Å². The van der Waals surface area contributed by atoms with Crippen molar-refractivity contribution in [3.63, 3.8) is 0 Å². The van der Waals surface area contributed by atoms with Crippen molar-refractivity contribution in [3.8, 4) is 10.4 Å². The van der Waals surface area contributed by atoms with Crippen molar-refractivity contribution in [3.05, 3.63) is 106 Å². The summed E-state index contributed by atoms with van der Waals surface area (Å²) in [6.07, 6.45) is 4.63. The normalized spacial score (nSPS) is 12.2. The summed E-state index contributed by atoms with van der Waals surface area (Å²) in [7, 11) is 0. The van der Waals surface area contributed by atoms with Crippen molar-refractivity contribution in [1.29, 1.82) is 0 Å². The van der Waals surface area contributed by atoms with E-state index in [0.717, 1.165) is 31.8 Å². The fourth-order valence-corrected chi connectivity index (χ4v) is 5.55. The second-order valence-corrected chi connectivity index (χ2v) is 10.5. The van der Waals surface area contributed by atoms with Gasteiger partial charge in [-0.2, -0.15) is 0 Å². The standard InChI is InChI=1S/C29H24FN7OS/c1-16-11-18(3-6-22(16)30)17(2)37-15-36-24-9-10-32-28(26(24)29(37)38)33-13-20-5-8-25(39-20)19-4-7-23-21(12-19)27(31)35-14-34-23/h3-12,14-15,17H,13H2,1-2H3,(H,32,33)(H2,31,34,35)/t17-/m0/s1. The number of fused-ring (bicyclic) bond motifs is 2. The molecule has 0 aliphatic heterocycles. The van der Waals surface area contributed by atoms with Crippen LogP contribution in [0.5, 0.6) is 0 Å². The first-order valence-corrected chi connectivity index (χ1v) is 13.2. The van der Waals surface area contributed by atoms with Crippen molar-refractivity contribution in [2.45, 2.75) is 26.4 Å². The van der Waals surface area contributed by atoms with Crippen molar-refractivity contribution in [2.75, 3.05) is 11.1 Å². The number of nitrogens with zero attached hydrogens (tertiary/aromatic N) is 5. The van der Waals surface area contributed by atoms with E-state index >= 15 is 0 Å². The Morgan fingerprint density at radius 2 is 1.90 bits per heavy atom. The molecule has 0 aliphatic carbocycles. The first-order chi connectivity index (χ1) is 18.9. The summed E-state index contributed by atoms with van der Waals surface area (Å²) < 4.78 is 15.4. The number of anilines is 2. The number of thiophene rings is 1. The molecular weight excluding hydrogens is 513 g/mol. The molecule has 0 fully saturated rings. The molecule has 8 nitrogen and oxygen atoms in total. The number of halogens is 1. The third kappa shape index (κ3) is 4.59. The molecule has 194 valence electrons. The topological polar surface area (TPSA) is 112 Å². The molecule has 0 unspecified atom stereocenters. The van der Waals surface area contributed by atoms with Crippen LogP contribution in [0.3, 0.4) is 0 Å². The van der Waals surface area contributed by atoms with E-state index in [9.17, 15) is 9.18 Å². The maximum Gasteiger partial charge on any atom is 0.265 e. The number of hydrogen-bond acceptors (Lipinski definition) is 8. The lowest BCUT2D eigenvalue weighted by Crippen LogP contribution is -2.25. The summed E-state index contributed by atoms with van der Waals surface area (Å²) in [5.74, 6) is 0.638. The molecular formula is C29H24FN7OS. The Kier molecular flexibility index (Phi) is 6.24. The average molecular weight is 538 g/mol. The van der Waals surface area contributed by atoms with Crippen molar-refractivity contribution < 1.29 is 4.39 Å². The fraction of sp³-hybridized carbons (Fsp3) is 0.138. The Morgan fingerprint density at radius 1 is 1.03 bits per heavy atom. The lowest BCUT2D eigenvalue weighted by Gasteiger charge is -2.17. The molecule has 0 radical (unpaired) electrons. The molecule has 0 bridgehead atoms. The van der Waals surface area contributed by atoms with Crippen LogP contribution in [0.2, 0.25) is 0 Å². The molecule has 3 N–H and O–H groups in total. The van der Waals surface area contributed by atoms with Gasteiger partial charge in [0, 0.05) is 21.3 Å². The molecule has 0 amide bonds. The molecule has 0 spiro atoms. The molecule has 2 aromatic carbocycles. The van der Waals surface area contributed by atoms with Gasteiger partial charge in [-0.3, -0.25) is 9.36 Å². The van der Waals surface area contributed by atoms with Crippen molar-refractivity contribution in [1.82, 2.24) is 24.5 Å². The molecule has 1 atom stereocenters. The summed E-state index contributed by atoms with van der Waals surface area (Å²) in [4.78, 5) is 33.1. The van der Waals surface area contributed by atoms with Gasteiger partial charge in [-0.25, -0.2) is 24.3 Å². The summed E-state index contributed by atoms with van der Waals surface area (Å²) >= 11 is 1.64. The molecule has 6 rings (SSSR count). The monoisotopic (exact) mass is 537 g/mol.